The molecule has 14 heavy (non-hydrogen) atoms. The summed E-state index contributed by atoms with van der Waals surface area (Å²) >= 11 is 0. The van der Waals surface area contributed by atoms with Gasteiger partial charge in [0, 0.05) is 0 Å². The molecular formula is C12H16FN. The van der Waals surface area contributed by atoms with Crippen molar-refractivity contribution in [1.29, 1.82) is 0 Å². The molecule has 76 valence electrons. The number of hydrogen-bond acceptors (Lipinski definition) is 1. The Bertz CT molecular complexity index is 307. The van der Waals surface area contributed by atoms with Crippen molar-refractivity contribution in [2.24, 2.45) is 0 Å². The highest BCUT2D eigenvalue weighted by molar-refractivity contribution is 5.22. The van der Waals surface area contributed by atoms with Gasteiger partial charge in [0.15, 0.2) is 0 Å². The third kappa shape index (κ3) is 3.30. The van der Waals surface area contributed by atoms with Gasteiger partial charge >= 0.3 is 0 Å². The van der Waals surface area contributed by atoms with E-state index in [1.54, 1.807) is 12.1 Å². The van der Waals surface area contributed by atoms with Crippen LogP contribution >= 0.6 is 0 Å². The highest BCUT2D eigenvalue weighted by atomic mass is 19.1. The van der Waals surface area contributed by atoms with Crippen molar-refractivity contribution >= 4 is 0 Å². The van der Waals surface area contributed by atoms with E-state index < -0.39 is 0 Å². The maximum Gasteiger partial charge on any atom is 0.126 e. The molecule has 1 rings (SSSR count). The quantitative estimate of drug-likeness (QED) is 0.708. The summed E-state index contributed by atoms with van der Waals surface area (Å²) in [6.45, 7) is 4.82. The highest BCUT2D eigenvalue weighted by Crippen LogP contribution is 2.12. The lowest BCUT2D eigenvalue weighted by molar-refractivity contribution is 0.611. The summed E-state index contributed by atoms with van der Waals surface area (Å²) in [6, 6.07) is 6.85. The summed E-state index contributed by atoms with van der Waals surface area (Å²) in [5, 5.41) is 3.04. The monoisotopic (exact) mass is 193 g/mol. The van der Waals surface area contributed by atoms with E-state index in [0.717, 1.165) is 24.1 Å². The standard InChI is InChI=1S/C12H16FN/c1-10(7-8-14-2)9-11-5-3-4-6-12(11)13/h3-6,14H,1,7-9H2,2H3. The Morgan fingerprint density at radius 3 is 2.79 bits per heavy atom. The fraction of sp³-hybridized carbons (Fsp3) is 0.333. The lowest BCUT2D eigenvalue weighted by Gasteiger charge is -2.06. The van der Waals surface area contributed by atoms with Gasteiger partial charge in [0.2, 0.25) is 0 Å². The molecule has 0 radical (unpaired) electrons. The summed E-state index contributed by atoms with van der Waals surface area (Å²) in [6.07, 6.45) is 1.53. The van der Waals surface area contributed by atoms with Gasteiger partial charge in [-0.1, -0.05) is 30.4 Å². The molecule has 2 heteroatoms. The zero-order chi connectivity index (χ0) is 10.4. The van der Waals surface area contributed by atoms with Crippen LogP contribution in [0.2, 0.25) is 0 Å². The first kappa shape index (κ1) is 10.9. The minimum absolute atomic E-state index is 0.141. The molecule has 0 unspecified atom stereocenters. The van der Waals surface area contributed by atoms with Crippen LogP contribution in [0.4, 0.5) is 4.39 Å². The van der Waals surface area contributed by atoms with Gasteiger partial charge in [-0.15, -0.1) is 0 Å². The van der Waals surface area contributed by atoms with Gasteiger partial charge in [0.25, 0.3) is 0 Å². The van der Waals surface area contributed by atoms with Crippen LogP contribution < -0.4 is 5.32 Å². The molecule has 0 fully saturated rings. The summed E-state index contributed by atoms with van der Waals surface area (Å²) in [5.41, 5.74) is 1.79. The molecule has 1 nitrogen and oxygen atoms in total. The van der Waals surface area contributed by atoms with Crippen molar-refractivity contribution in [3.05, 3.63) is 47.8 Å². The third-order valence-corrected chi connectivity index (χ3v) is 2.13. The second kappa shape index (κ2) is 5.55. The minimum Gasteiger partial charge on any atom is -0.319 e. The molecule has 0 aromatic heterocycles. The van der Waals surface area contributed by atoms with E-state index >= 15 is 0 Å². The Morgan fingerprint density at radius 1 is 1.43 bits per heavy atom. The van der Waals surface area contributed by atoms with E-state index in [1.807, 2.05) is 13.1 Å². The first-order valence-electron chi connectivity index (χ1n) is 4.78. The molecule has 0 heterocycles. The van der Waals surface area contributed by atoms with Gasteiger partial charge in [-0.3, -0.25) is 0 Å². The normalized spacial score (nSPS) is 10.1. The molecular weight excluding hydrogens is 177 g/mol. The maximum absolute atomic E-state index is 13.2. The van der Waals surface area contributed by atoms with E-state index in [-0.39, 0.29) is 5.82 Å². The molecule has 0 amide bonds. The van der Waals surface area contributed by atoms with Crippen LogP contribution in [0.1, 0.15) is 12.0 Å². The van der Waals surface area contributed by atoms with Gasteiger partial charge in [-0.05, 0) is 38.1 Å². The third-order valence-electron chi connectivity index (χ3n) is 2.13. The van der Waals surface area contributed by atoms with Gasteiger partial charge in [0.1, 0.15) is 5.82 Å². The molecule has 1 N–H and O–H groups in total. The Kier molecular flexibility index (Phi) is 4.33. The van der Waals surface area contributed by atoms with Crippen LogP contribution in [0.25, 0.3) is 0 Å². The largest absolute Gasteiger partial charge is 0.319 e. The molecule has 0 aliphatic rings. The molecule has 0 saturated heterocycles. The van der Waals surface area contributed by atoms with Crippen LogP contribution in [-0.4, -0.2) is 13.6 Å². The highest BCUT2D eigenvalue weighted by Gasteiger charge is 2.02. The molecule has 0 atom stereocenters. The van der Waals surface area contributed by atoms with E-state index in [2.05, 4.69) is 11.9 Å². The average Bonchev–Trinajstić information content (AvgIpc) is 2.18. The molecule has 0 saturated carbocycles. The van der Waals surface area contributed by atoms with E-state index in [9.17, 15) is 4.39 Å². The van der Waals surface area contributed by atoms with Crippen LogP contribution in [0.15, 0.2) is 36.4 Å². The zero-order valence-electron chi connectivity index (χ0n) is 8.52. The van der Waals surface area contributed by atoms with Gasteiger partial charge in [-0.25, -0.2) is 4.39 Å². The van der Waals surface area contributed by atoms with Crippen LogP contribution in [0.3, 0.4) is 0 Å². The van der Waals surface area contributed by atoms with Crippen molar-refractivity contribution in [3.63, 3.8) is 0 Å². The molecule has 0 bridgehead atoms. The van der Waals surface area contributed by atoms with E-state index in [4.69, 9.17) is 0 Å². The lowest BCUT2D eigenvalue weighted by atomic mass is 10.0. The zero-order valence-corrected chi connectivity index (χ0v) is 8.52. The molecule has 0 aliphatic carbocycles. The smallest absolute Gasteiger partial charge is 0.126 e. The van der Waals surface area contributed by atoms with Crippen molar-refractivity contribution in [2.45, 2.75) is 12.8 Å². The summed E-state index contributed by atoms with van der Waals surface area (Å²) < 4.78 is 13.2. The van der Waals surface area contributed by atoms with Crippen LogP contribution in [0.5, 0.6) is 0 Å². The van der Waals surface area contributed by atoms with Gasteiger partial charge in [-0.2, -0.15) is 0 Å². The number of benzene rings is 1. The van der Waals surface area contributed by atoms with E-state index in [1.165, 1.54) is 6.07 Å². The Morgan fingerprint density at radius 2 is 2.14 bits per heavy atom. The first-order valence-corrected chi connectivity index (χ1v) is 4.78. The number of nitrogens with one attached hydrogen (secondary N) is 1. The Balaban J connectivity index is 2.52. The molecule has 0 aliphatic heterocycles. The van der Waals surface area contributed by atoms with Crippen molar-refractivity contribution in [3.8, 4) is 0 Å². The fourth-order valence-corrected chi connectivity index (χ4v) is 1.30. The van der Waals surface area contributed by atoms with Crippen molar-refractivity contribution < 1.29 is 4.39 Å². The van der Waals surface area contributed by atoms with Crippen LogP contribution in [-0.2, 0) is 6.42 Å². The van der Waals surface area contributed by atoms with Gasteiger partial charge in [0.05, 0.1) is 0 Å². The predicted octanol–water partition coefficient (Wildman–Crippen LogP) is 2.53. The molecule has 1 aromatic carbocycles. The van der Waals surface area contributed by atoms with Crippen molar-refractivity contribution in [1.82, 2.24) is 5.32 Å². The van der Waals surface area contributed by atoms with E-state index in [0.29, 0.717) is 6.42 Å². The number of halogens is 1. The summed E-state index contributed by atoms with van der Waals surface area (Å²) in [5.74, 6) is -0.141. The van der Waals surface area contributed by atoms with Gasteiger partial charge < -0.3 is 5.32 Å². The Hall–Kier alpha value is -1.15. The van der Waals surface area contributed by atoms with Crippen molar-refractivity contribution in [2.75, 3.05) is 13.6 Å². The SMILES string of the molecule is C=C(CCNC)Cc1ccccc1F. The lowest BCUT2D eigenvalue weighted by Crippen LogP contribution is -2.09. The fourth-order valence-electron chi connectivity index (χ4n) is 1.30. The molecule has 1 aromatic rings. The number of rotatable bonds is 5. The summed E-state index contributed by atoms with van der Waals surface area (Å²) in [7, 11) is 1.90. The first-order chi connectivity index (χ1) is 6.74. The second-order valence-corrected chi connectivity index (χ2v) is 3.37. The molecule has 0 spiro atoms. The minimum atomic E-state index is -0.141. The average molecular weight is 193 g/mol. The maximum atomic E-state index is 13.2. The second-order valence-electron chi connectivity index (χ2n) is 3.37. The number of hydrogen-bond donors (Lipinski definition) is 1. The topological polar surface area (TPSA) is 12.0 Å². The van der Waals surface area contributed by atoms with Crippen LogP contribution in [0, 0.1) is 5.82 Å². The summed E-state index contributed by atoms with van der Waals surface area (Å²) in [4.78, 5) is 0. The Labute approximate surface area is 84.6 Å². The predicted molar refractivity (Wildman–Crippen MR) is 57.8 cm³/mol.